The fourth-order valence-electron chi connectivity index (χ4n) is 3.40. The third-order valence-corrected chi connectivity index (χ3v) is 5.79. The smallest absolute Gasteiger partial charge is 0.348 e. The van der Waals surface area contributed by atoms with Crippen molar-refractivity contribution in [1.29, 1.82) is 0 Å². The first kappa shape index (κ1) is 18.7. The summed E-state index contributed by atoms with van der Waals surface area (Å²) in [5.41, 5.74) is 3.00. The molecule has 1 aliphatic carbocycles. The zero-order chi connectivity index (χ0) is 19.8. The molecule has 1 saturated carbocycles. The molecule has 4 rings (SSSR count). The molecule has 0 unspecified atom stereocenters. The van der Waals surface area contributed by atoms with Crippen LogP contribution in [0.3, 0.4) is 0 Å². The van der Waals surface area contributed by atoms with Gasteiger partial charge in [0.05, 0.1) is 16.8 Å². The number of rotatable bonds is 5. The number of aryl methyl sites for hydroxylation is 1. The number of amides is 1. The molecule has 0 bridgehead atoms. The zero-order valence-corrected chi connectivity index (χ0v) is 16.6. The van der Waals surface area contributed by atoms with Crippen molar-refractivity contribution in [2.45, 2.75) is 51.6 Å². The van der Waals surface area contributed by atoms with E-state index in [0.29, 0.717) is 16.6 Å². The molecule has 3 aromatic heterocycles. The monoisotopic (exact) mass is 399 g/mol. The Morgan fingerprint density at radius 2 is 2.18 bits per heavy atom. The number of hydrogen-bond donors (Lipinski definition) is 1. The predicted molar refractivity (Wildman–Crippen MR) is 107 cm³/mol. The van der Waals surface area contributed by atoms with Crippen molar-refractivity contribution in [1.82, 2.24) is 24.5 Å². The minimum atomic E-state index is -0.321. The molecule has 3 heterocycles. The average molecular weight is 400 g/mol. The average Bonchev–Trinajstić information content (AvgIpc) is 2.91. The second kappa shape index (κ2) is 7.39. The molecule has 28 heavy (non-hydrogen) atoms. The summed E-state index contributed by atoms with van der Waals surface area (Å²) in [5.74, 6) is 0.262. The summed E-state index contributed by atoms with van der Waals surface area (Å²) in [6, 6.07) is 5.42. The van der Waals surface area contributed by atoms with E-state index >= 15 is 0 Å². The quantitative estimate of drug-likeness (QED) is 0.715. The van der Waals surface area contributed by atoms with Gasteiger partial charge in [-0.15, -0.1) is 5.10 Å². The first-order valence-corrected chi connectivity index (χ1v) is 9.80. The van der Waals surface area contributed by atoms with Crippen molar-refractivity contribution in [3.05, 3.63) is 62.9 Å². The van der Waals surface area contributed by atoms with Crippen LogP contribution in [-0.2, 0) is 11.3 Å². The molecule has 0 aromatic carbocycles. The third kappa shape index (κ3) is 3.54. The normalized spacial score (nSPS) is 15.4. The topological polar surface area (TPSA) is 81.3 Å². The Labute approximate surface area is 167 Å². The number of pyridine rings is 2. The largest absolute Gasteiger partial charge is 0.350 e. The van der Waals surface area contributed by atoms with E-state index in [9.17, 15) is 9.59 Å². The molecule has 8 heteroatoms. The summed E-state index contributed by atoms with van der Waals surface area (Å²) < 4.78 is 2.67. The van der Waals surface area contributed by atoms with Crippen molar-refractivity contribution in [2.75, 3.05) is 0 Å². The van der Waals surface area contributed by atoms with E-state index in [1.165, 1.54) is 33.9 Å². The maximum atomic E-state index is 12.5. The Balaban J connectivity index is 1.49. The van der Waals surface area contributed by atoms with Crippen LogP contribution in [0.5, 0.6) is 0 Å². The minimum Gasteiger partial charge on any atom is -0.348 e. The predicted octanol–water partition coefficient (Wildman–Crippen LogP) is 3.00. The summed E-state index contributed by atoms with van der Waals surface area (Å²) in [7, 11) is 0. The number of halogens is 1. The van der Waals surface area contributed by atoms with Gasteiger partial charge in [-0.25, -0.2) is 9.48 Å². The van der Waals surface area contributed by atoms with Crippen LogP contribution in [0.15, 0.2) is 35.4 Å². The number of aromatic nitrogens is 4. The lowest BCUT2D eigenvalue weighted by Gasteiger charge is -2.25. The van der Waals surface area contributed by atoms with Crippen molar-refractivity contribution in [3.8, 4) is 0 Å². The van der Waals surface area contributed by atoms with Gasteiger partial charge in [-0.3, -0.25) is 14.2 Å². The Hall–Kier alpha value is -2.67. The summed E-state index contributed by atoms with van der Waals surface area (Å²) in [6.07, 6.45) is 7.04. The number of fused-ring (bicyclic) bond motifs is 1. The lowest BCUT2D eigenvalue weighted by Crippen LogP contribution is -2.34. The van der Waals surface area contributed by atoms with Crippen LogP contribution in [-0.4, -0.2) is 25.1 Å². The fourth-order valence-corrected chi connectivity index (χ4v) is 3.57. The van der Waals surface area contributed by atoms with E-state index < -0.39 is 0 Å². The first-order valence-electron chi connectivity index (χ1n) is 9.43. The van der Waals surface area contributed by atoms with E-state index in [4.69, 9.17) is 11.6 Å². The summed E-state index contributed by atoms with van der Waals surface area (Å²) in [4.78, 5) is 29.2. The summed E-state index contributed by atoms with van der Waals surface area (Å²) in [6.45, 7) is 3.52. The van der Waals surface area contributed by atoms with E-state index in [-0.39, 0.29) is 24.2 Å². The van der Waals surface area contributed by atoms with E-state index in [1.807, 2.05) is 26.0 Å². The molecule has 146 valence electrons. The highest BCUT2D eigenvalue weighted by Gasteiger charge is 2.21. The molecule has 3 aromatic rings. The van der Waals surface area contributed by atoms with Crippen LogP contribution < -0.4 is 11.0 Å². The molecule has 0 radical (unpaired) electrons. The van der Waals surface area contributed by atoms with Crippen molar-refractivity contribution in [2.24, 2.45) is 0 Å². The van der Waals surface area contributed by atoms with Gasteiger partial charge in [0.1, 0.15) is 6.54 Å². The van der Waals surface area contributed by atoms with Crippen LogP contribution in [0.25, 0.3) is 5.65 Å². The number of carbonyl (C=O) groups excluding carboxylic acids is 1. The van der Waals surface area contributed by atoms with Gasteiger partial charge in [0.25, 0.3) is 0 Å². The highest BCUT2D eigenvalue weighted by atomic mass is 35.5. The van der Waals surface area contributed by atoms with E-state index in [0.717, 1.165) is 11.3 Å². The lowest BCUT2D eigenvalue weighted by molar-refractivity contribution is -0.122. The minimum absolute atomic E-state index is 0.142. The van der Waals surface area contributed by atoms with Gasteiger partial charge in [-0.1, -0.05) is 18.0 Å². The van der Waals surface area contributed by atoms with Crippen molar-refractivity contribution < 1.29 is 4.79 Å². The molecule has 0 spiro atoms. The first-order chi connectivity index (χ1) is 13.4. The lowest BCUT2D eigenvalue weighted by atomic mass is 9.80. The molecular formula is C20H22ClN5O2. The van der Waals surface area contributed by atoms with Crippen LogP contribution >= 0.6 is 11.6 Å². The molecule has 0 aliphatic heterocycles. The number of hydrogen-bond acceptors (Lipinski definition) is 4. The number of carbonyl (C=O) groups is 1. The second-order valence-electron chi connectivity index (χ2n) is 7.38. The molecule has 1 atom stereocenters. The van der Waals surface area contributed by atoms with E-state index in [1.54, 1.807) is 18.5 Å². The molecule has 7 nitrogen and oxygen atoms in total. The zero-order valence-electron chi connectivity index (χ0n) is 15.9. The van der Waals surface area contributed by atoms with Crippen molar-refractivity contribution >= 4 is 23.2 Å². The number of nitrogens with zero attached hydrogens (tertiary/aromatic N) is 4. The van der Waals surface area contributed by atoms with Gasteiger partial charge in [-0.2, -0.15) is 0 Å². The maximum Gasteiger partial charge on any atom is 0.350 e. The number of nitrogens with one attached hydrogen (secondary N) is 1. The molecular weight excluding hydrogens is 378 g/mol. The summed E-state index contributed by atoms with van der Waals surface area (Å²) >= 11 is 6.11. The van der Waals surface area contributed by atoms with Gasteiger partial charge >= 0.3 is 5.69 Å². The molecule has 1 N–H and O–H groups in total. The van der Waals surface area contributed by atoms with Gasteiger partial charge in [0.15, 0.2) is 5.65 Å². The Kier molecular flexibility index (Phi) is 4.93. The van der Waals surface area contributed by atoms with Gasteiger partial charge < -0.3 is 5.32 Å². The maximum absolute atomic E-state index is 12.5. The van der Waals surface area contributed by atoms with Gasteiger partial charge in [0.2, 0.25) is 5.91 Å². The fraction of sp³-hybridized carbons (Fsp3) is 0.400. The van der Waals surface area contributed by atoms with Gasteiger partial charge in [0, 0.05) is 12.4 Å². The van der Waals surface area contributed by atoms with Crippen LogP contribution in [0.1, 0.15) is 55.0 Å². The van der Waals surface area contributed by atoms with E-state index in [2.05, 4.69) is 15.4 Å². The Morgan fingerprint density at radius 3 is 2.86 bits per heavy atom. The SMILES string of the molecule is Cc1ncc([C@H](C)NC(=O)Cn2nc3cc(C4CCC4)ccn3c2=O)cc1Cl. The van der Waals surface area contributed by atoms with Crippen LogP contribution in [0.4, 0.5) is 0 Å². The second-order valence-corrected chi connectivity index (χ2v) is 7.79. The molecule has 0 saturated heterocycles. The standard InChI is InChI=1S/C20H22ClN5O2/c1-12(16-8-17(21)13(2)22-10-16)23-19(27)11-26-20(28)25-7-6-15(9-18(25)24-26)14-4-3-5-14/h6-10,12,14H,3-5,11H2,1-2H3,(H,23,27)/t12-/m0/s1. The molecule has 1 fully saturated rings. The Bertz CT molecular complexity index is 1100. The molecule has 1 aliphatic rings. The third-order valence-electron chi connectivity index (χ3n) is 5.40. The van der Waals surface area contributed by atoms with Gasteiger partial charge in [-0.05, 0) is 61.9 Å². The van der Waals surface area contributed by atoms with Crippen LogP contribution in [0.2, 0.25) is 5.02 Å². The van der Waals surface area contributed by atoms with Crippen LogP contribution in [0, 0.1) is 6.92 Å². The van der Waals surface area contributed by atoms with Crippen molar-refractivity contribution in [3.63, 3.8) is 0 Å². The molecule has 1 amide bonds. The highest BCUT2D eigenvalue weighted by Crippen LogP contribution is 2.36. The summed E-state index contributed by atoms with van der Waals surface area (Å²) in [5, 5.41) is 7.75. The highest BCUT2D eigenvalue weighted by molar-refractivity contribution is 6.31. The Morgan fingerprint density at radius 1 is 1.39 bits per heavy atom.